The summed E-state index contributed by atoms with van der Waals surface area (Å²) in [5, 5.41) is 21.8. The maximum Gasteiger partial charge on any atom is 0.326 e. The summed E-state index contributed by atoms with van der Waals surface area (Å²) in [5.74, 6) is -3.28. The second-order valence-electron chi connectivity index (χ2n) is 5.53. The molecule has 1 aromatic rings. The molecule has 0 aromatic heterocycles. The van der Waals surface area contributed by atoms with Crippen LogP contribution in [0.5, 0.6) is 0 Å². The number of aliphatic carboxylic acids is 1. The predicted molar refractivity (Wildman–Crippen MR) is 71.4 cm³/mol. The van der Waals surface area contributed by atoms with E-state index >= 15 is 0 Å². The van der Waals surface area contributed by atoms with Crippen molar-refractivity contribution in [3.63, 3.8) is 0 Å². The van der Waals surface area contributed by atoms with Crippen LogP contribution < -0.4 is 5.32 Å². The highest BCUT2D eigenvalue weighted by Gasteiger charge is 2.33. The summed E-state index contributed by atoms with van der Waals surface area (Å²) in [4.78, 5) is 32.8. The van der Waals surface area contributed by atoms with Crippen LogP contribution in [0.1, 0.15) is 31.1 Å². The molecule has 1 atom stereocenters. The number of benzene rings is 1. The minimum atomic E-state index is -1.25. The lowest BCUT2D eigenvalue weighted by Gasteiger charge is -2.27. The molecular formula is C13H15FN2O5. The first-order valence-corrected chi connectivity index (χ1v) is 6.01. The fourth-order valence-electron chi connectivity index (χ4n) is 1.66. The molecule has 0 radical (unpaired) electrons. The Morgan fingerprint density at radius 1 is 1.38 bits per heavy atom. The number of halogens is 1. The van der Waals surface area contributed by atoms with Crippen molar-refractivity contribution in [1.82, 2.24) is 5.32 Å². The van der Waals surface area contributed by atoms with Gasteiger partial charge in [-0.15, -0.1) is 0 Å². The van der Waals surface area contributed by atoms with Gasteiger partial charge in [-0.05, 0) is 11.5 Å². The molecule has 7 nitrogen and oxygen atoms in total. The number of nitrogens with zero attached hydrogens (tertiary/aromatic N) is 1. The molecule has 8 heteroatoms. The average Bonchev–Trinajstić information content (AvgIpc) is 2.33. The van der Waals surface area contributed by atoms with E-state index in [4.69, 9.17) is 5.11 Å². The predicted octanol–water partition coefficient (Wildman–Crippen LogP) is 1.96. The zero-order valence-electron chi connectivity index (χ0n) is 11.7. The second-order valence-corrected chi connectivity index (χ2v) is 5.53. The maximum atomic E-state index is 13.7. The lowest BCUT2D eigenvalue weighted by atomic mass is 9.86. The van der Waals surface area contributed by atoms with Gasteiger partial charge in [-0.2, -0.15) is 0 Å². The van der Waals surface area contributed by atoms with Crippen molar-refractivity contribution in [2.75, 3.05) is 0 Å². The molecule has 0 saturated heterocycles. The summed E-state index contributed by atoms with van der Waals surface area (Å²) in [6.45, 7) is 4.83. The molecule has 0 aliphatic rings. The van der Waals surface area contributed by atoms with Crippen LogP contribution in [0.2, 0.25) is 0 Å². The number of amides is 1. The molecule has 2 N–H and O–H groups in total. The van der Waals surface area contributed by atoms with Crippen molar-refractivity contribution in [3.8, 4) is 0 Å². The Kier molecular flexibility index (Phi) is 4.62. The van der Waals surface area contributed by atoms with Crippen LogP contribution in [0.15, 0.2) is 18.2 Å². The van der Waals surface area contributed by atoms with Crippen LogP contribution >= 0.6 is 0 Å². The lowest BCUT2D eigenvalue weighted by Crippen LogP contribution is -2.49. The van der Waals surface area contributed by atoms with Crippen molar-refractivity contribution in [2.24, 2.45) is 5.41 Å². The molecule has 0 aliphatic heterocycles. The van der Waals surface area contributed by atoms with E-state index in [1.807, 2.05) is 0 Å². The van der Waals surface area contributed by atoms with Crippen molar-refractivity contribution >= 4 is 17.6 Å². The summed E-state index contributed by atoms with van der Waals surface area (Å²) < 4.78 is 13.7. The van der Waals surface area contributed by atoms with Gasteiger partial charge in [-0.1, -0.05) is 20.8 Å². The number of carboxylic acids is 1. The molecule has 21 heavy (non-hydrogen) atoms. The lowest BCUT2D eigenvalue weighted by molar-refractivity contribution is -0.385. The number of nitro benzene ring substituents is 1. The molecule has 1 rings (SSSR count). The number of nitro groups is 1. The normalized spacial score (nSPS) is 12.6. The van der Waals surface area contributed by atoms with Gasteiger partial charge in [0.25, 0.3) is 11.6 Å². The van der Waals surface area contributed by atoms with E-state index in [0.717, 1.165) is 12.1 Å². The van der Waals surface area contributed by atoms with Crippen LogP contribution in [-0.4, -0.2) is 27.9 Å². The summed E-state index contributed by atoms with van der Waals surface area (Å²) >= 11 is 0. The van der Waals surface area contributed by atoms with E-state index in [2.05, 4.69) is 5.32 Å². The van der Waals surface area contributed by atoms with Gasteiger partial charge in [0.15, 0.2) is 0 Å². The Labute approximate surface area is 119 Å². The van der Waals surface area contributed by atoms with E-state index in [9.17, 15) is 24.1 Å². The molecule has 0 spiro atoms. The maximum absolute atomic E-state index is 13.7. The summed E-state index contributed by atoms with van der Waals surface area (Å²) in [6.07, 6.45) is 0. The molecule has 0 aliphatic carbocycles. The number of non-ortho nitro benzene ring substituents is 1. The van der Waals surface area contributed by atoms with Crippen LogP contribution in [0.25, 0.3) is 0 Å². The van der Waals surface area contributed by atoms with Gasteiger partial charge in [0.1, 0.15) is 11.9 Å². The molecule has 0 saturated carbocycles. The van der Waals surface area contributed by atoms with E-state index in [1.165, 1.54) is 0 Å². The third-order valence-electron chi connectivity index (χ3n) is 2.80. The van der Waals surface area contributed by atoms with E-state index in [0.29, 0.717) is 6.07 Å². The van der Waals surface area contributed by atoms with E-state index < -0.39 is 45.3 Å². The van der Waals surface area contributed by atoms with Gasteiger partial charge < -0.3 is 10.4 Å². The van der Waals surface area contributed by atoms with Gasteiger partial charge in [0.05, 0.1) is 16.6 Å². The third-order valence-corrected chi connectivity index (χ3v) is 2.80. The summed E-state index contributed by atoms with van der Waals surface area (Å²) in [6, 6.07) is 1.32. The molecule has 0 fully saturated rings. The number of nitrogens with one attached hydrogen (secondary N) is 1. The number of carboxylic acid groups (broad SMARTS) is 1. The fourth-order valence-corrected chi connectivity index (χ4v) is 1.66. The molecule has 0 heterocycles. The Morgan fingerprint density at radius 2 is 1.95 bits per heavy atom. The van der Waals surface area contributed by atoms with Gasteiger partial charge in [-0.3, -0.25) is 14.9 Å². The first-order valence-electron chi connectivity index (χ1n) is 6.01. The monoisotopic (exact) mass is 298 g/mol. The highest BCUT2D eigenvalue weighted by atomic mass is 19.1. The highest BCUT2D eigenvalue weighted by molar-refractivity contribution is 5.97. The number of rotatable bonds is 4. The number of hydrogen-bond acceptors (Lipinski definition) is 4. The SMILES string of the molecule is CC(C)(C)C(NC(=O)c1ccc([N+](=O)[O-])cc1F)C(=O)O. The summed E-state index contributed by atoms with van der Waals surface area (Å²) in [5.41, 5.74) is -1.72. The van der Waals surface area contributed by atoms with Crippen molar-refractivity contribution in [1.29, 1.82) is 0 Å². The zero-order valence-corrected chi connectivity index (χ0v) is 11.7. The quantitative estimate of drug-likeness (QED) is 0.652. The van der Waals surface area contributed by atoms with Crippen molar-refractivity contribution in [3.05, 3.63) is 39.7 Å². The van der Waals surface area contributed by atoms with Crippen LogP contribution in [0, 0.1) is 21.3 Å². The van der Waals surface area contributed by atoms with Crippen LogP contribution in [0.4, 0.5) is 10.1 Å². The standard InChI is InChI=1S/C13H15FN2O5/c1-13(2,3)10(12(18)19)15-11(17)8-5-4-7(16(20)21)6-9(8)14/h4-6,10H,1-3H3,(H,15,17)(H,18,19). The molecular weight excluding hydrogens is 283 g/mol. The minimum Gasteiger partial charge on any atom is -0.480 e. The molecule has 114 valence electrons. The number of carbonyl (C=O) groups is 2. The molecule has 1 aromatic carbocycles. The summed E-state index contributed by atoms with van der Waals surface area (Å²) in [7, 11) is 0. The Morgan fingerprint density at radius 3 is 2.33 bits per heavy atom. The Bertz CT molecular complexity index is 595. The largest absolute Gasteiger partial charge is 0.480 e. The Balaban J connectivity index is 3.04. The second kappa shape index (κ2) is 5.86. The van der Waals surface area contributed by atoms with Crippen LogP contribution in [-0.2, 0) is 4.79 Å². The van der Waals surface area contributed by atoms with Gasteiger partial charge >= 0.3 is 5.97 Å². The smallest absolute Gasteiger partial charge is 0.326 e. The van der Waals surface area contributed by atoms with Gasteiger partial charge in [0, 0.05) is 6.07 Å². The van der Waals surface area contributed by atoms with Gasteiger partial charge in [-0.25, -0.2) is 9.18 Å². The first-order chi connectivity index (χ1) is 9.54. The topological polar surface area (TPSA) is 110 Å². The van der Waals surface area contributed by atoms with Gasteiger partial charge in [0.2, 0.25) is 0 Å². The minimum absolute atomic E-state index is 0.448. The fraction of sp³-hybridized carbons (Fsp3) is 0.385. The zero-order chi connectivity index (χ0) is 16.4. The van der Waals surface area contributed by atoms with Crippen molar-refractivity contribution in [2.45, 2.75) is 26.8 Å². The molecule has 0 bridgehead atoms. The first kappa shape index (κ1) is 16.5. The number of hydrogen-bond donors (Lipinski definition) is 2. The molecule has 1 unspecified atom stereocenters. The third kappa shape index (κ3) is 3.98. The average molecular weight is 298 g/mol. The van der Waals surface area contributed by atoms with Crippen molar-refractivity contribution < 1.29 is 24.0 Å². The highest BCUT2D eigenvalue weighted by Crippen LogP contribution is 2.21. The Hall–Kier alpha value is -2.51. The molecule has 1 amide bonds. The van der Waals surface area contributed by atoms with Crippen LogP contribution in [0.3, 0.4) is 0 Å². The number of carbonyl (C=O) groups excluding carboxylic acids is 1. The van der Waals surface area contributed by atoms with E-state index in [1.54, 1.807) is 20.8 Å². The van der Waals surface area contributed by atoms with E-state index in [-0.39, 0.29) is 0 Å².